The van der Waals surface area contributed by atoms with Crippen LogP contribution in [0.3, 0.4) is 0 Å². The van der Waals surface area contributed by atoms with Gasteiger partial charge in [-0.1, -0.05) is 37.6 Å². The summed E-state index contributed by atoms with van der Waals surface area (Å²) in [6.45, 7) is 7.31. The molecule has 0 spiro atoms. The monoisotopic (exact) mass is 267 g/mol. The molecule has 1 rings (SSSR count). The zero-order chi connectivity index (χ0) is 13.4. The SMILES string of the molecule is CCCN(CCC)CCC(=O)c1cccc(Cl)c1. The summed E-state index contributed by atoms with van der Waals surface area (Å²) in [5.41, 5.74) is 0.718. The second-order valence-electron chi connectivity index (χ2n) is 4.53. The van der Waals surface area contributed by atoms with E-state index in [0.717, 1.165) is 38.0 Å². The van der Waals surface area contributed by atoms with Gasteiger partial charge in [0.1, 0.15) is 0 Å². The Morgan fingerprint density at radius 1 is 1.17 bits per heavy atom. The minimum atomic E-state index is 0.176. The molecule has 0 N–H and O–H groups in total. The molecule has 1 aromatic carbocycles. The zero-order valence-corrected chi connectivity index (χ0v) is 12.0. The summed E-state index contributed by atoms with van der Waals surface area (Å²) >= 11 is 5.89. The van der Waals surface area contributed by atoms with E-state index < -0.39 is 0 Å². The minimum Gasteiger partial charge on any atom is -0.303 e. The van der Waals surface area contributed by atoms with Crippen molar-refractivity contribution in [3.8, 4) is 0 Å². The Labute approximate surface area is 115 Å². The molecule has 0 aromatic heterocycles. The molecule has 0 saturated carbocycles. The standard InChI is InChI=1S/C15H22ClNO/c1-3-9-17(10-4-2)11-8-15(18)13-6-5-7-14(16)12-13/h5-7,12H,3-4,8-11H2,1-2H3. The average molecular weight is 268 g/mol. The number of hydrogen-bond donors (Lipinski definition) is 0. The van der Waals surface area contributed by atoms with Gasteiger partial charge in [-0.2, -0.15) is 0 Å². The molecule has 0 saturated heterocycles. The predicted molar refractivity (Wildman–Crippen MR) is 77.4 cm³/mol. The van der Waals surface area contributed by atoms with Crippen molar-refractivity contribution >= 4 is 17.4 Å². The number of benzene rings is 1. The van der Waals surface area contributed by atoms with E-state index in [1.807, 2.05) is 12.1 Å². The maximum Gasteiger partial charge on any atom is 0.164 e. The first-order valence-corrected chi connectivity index (χ1v) is 7.06. The summed E-state index contributed by atoms with van der Waals surface area (Å²) in [6.07, 6.45) is 2.83. The van der Waals surface area contributed by atoms with Gasteiger partial charge in [0.25, 0.3) is 0 Å². The van der Waals surface area contributed by atoms with Crippen molar-refractivity contribution in [2.75, 3.05) is 19.6 Å². The smallest absolute Gasteiger partial charge is 0.164 e. The number of carbonyl (C=O) groups excluding carboxylic acids is 1. The van der Waals surface area contributed by atoms with E-state index in [1.54, 1.807) is 12.1 Å². The summed E-state index contributed by atoms with van der Waals surface area (Å²) in [5.74, 6) is 0.176. The molecule has 1 aromatic rings. The molecule has 0 aliphatic rings. The third-order valence-corrected chi connectivity index (χ3v) is 3.12. The highest BCUT2D eigenvalue weighted by Crippen LogP contribution is 2.12. The molecule has 0 aliphatic heterocycles. The van der Waals surface area contributed by atoms with Gasteiger partial charge in [0.2, 0.25) is 0 Å². The number of ketones is 1. The largest absolute Gasteiger partial charge is 0.303 e. The lowest BCUT2D eigenvalue weighted by atomic mass is 10.1. The molecule has 100 valence electrons. The number of carbonyl (C=O) groups is 1. The number of hydrogen-bond acceptors (Lipinski definition) is 2. The van der Waals surface area contributed by atoms with Gasteiger partial charge in [-0.05, 0) is 38.1 Å². The number of Topliss-reactive ketones (excluding diaryl/α,β-unsaturated/α-hetero) is 1. The molecule has 0 unspecified atom stereocenters. The summed E-state index contributed by atoms with van der Waals surface area (Å²) in [4.78, 5) is 14.4. The van der Waals surface area contributed by atoms with Gasteiger partial charge in [0.15, 0.2) is 5.78 Å². The first-order chi connectivity index (χ1) is 8.67. The average Bonchev–Trinajstić information content (AvgIpc) is 2.36. The van der Waals surface area contributed by atoms with Crippen LogP contribution in [0.2, 0.25) is 5.02 Å². The normalized spacial score (nSPS) is 10.9. The van der Waals surface area contributed by atoms with Crippen molar-refractivity contribution in [3.05, 3.63) is 34.9 Å². The van der Waals surface area contributed by atoms with Crippen LogP contribution in [-0.2, 0) is 0 Å². The lowest BCUT2D eigenvalue weighted by molar-refractivity contribution is 0.0964. The summed E-state index contributed by atoms with van der Waals surface area (Å²) < 4.78 is 0. The Balaban J connectivity index is 2.49. The van der Waals surface area contributed by atoms with Crippen molar-refractivity contribution in [2.24, 2.45) is 0 Å². The third kappa shape index (κ3) is 5.19. The highest BCUT2D eigenvalue weighted by molar-refractivity contribution is 6.31. The van der Waals surface area contributed by atoms with Crippen LogP contribution in [-0.4, -0.2) is 30.3 Å². The Morgan fingerprint density at radius 2 is 1.83 bits per heavy atom. The minimum absolute atomic E-state index is 0.176. The lowest BCUT2D eigenvalue weighted by Crippen LogP contribution is -2.28. The zero-order valence-electron chi connectivity index (χ0n) is 11.3. The summed E-state index contributed by atoms with van der Waals surface area (Å²) in [6, 6.07) is 7.19. The lowest BCUT2D eigenvalue weighted by Gasteiger charge is -2.20. The van der Waals surface area contributed by atoms with Gasteiger partial charge in [0.05, 0.1) is 0 Å². The van der Waals surface area contributed by atoms with E-state index in [9.17, 15) is 4.79 Å². The molecular weight excluding hydrogens is 246 g/mol. The van der Waals surface area contributed by atoms with Crippen molar-refractivity contribution in [1.82, 2.24) is 4.90 Å². The highest BCUT2D eigenvalue weighted by atomic mass is 35.5. The fraction of sp³-hybridized carbons (Fsp3) is 0.533. The molecular formula is C15H22ClNO. The predicted octanol–water partition coefficient (Wildman–Crippen LogP) is 4.03. The molecule has 0 radical (unpaired) electrons. The van der Waals surface area contributed by atoms with Crippen molar-refractivity contribution in [3.63, 3.8) is 0 Å². The van der Waals surface area contributed by atoms with Crippen LogP contribution in [0.15, 0.2) is 24.3 Å². The molecule has 3 heteroatoms. The second kappa shape index (κ2) is 8.28. The Kier molecular flexibility index (Phi) is 6.99. The first-order valence-electron chi connectivity index (χ1n) is 6.68. The highest BCUT2D eigenvalue weighted by Gasteiger charge is 2.09. The first kappa shape index (κ1) is 15.2. The molecule has 0 bridgehead atoms. The van der Waals surface area contributed by atoms with E-state index in [-0.39, 0.29) is 5.78 Å². The Morgan fingerprint density at radius 3 is 2.39 bits per heavy atom. The maximum absolute atomic E-state index is 12.0. The molecule has 0 aliphatic carbocycles. The van der Waals surface area contributed by atoms with Gasteiger partial charge in [-0.15, -0.1) is 0 Å². The van der Waals surface area contributed by atoms with Crippen LogP contribution in [0.1, 0.15) is 43.5 Å². The van der Waals surface area contributed by atoms with Crippen LogP contribution in [0, 0.1) is 0 Å². The van der Waals surface area contributed by atoms with Crippen LogP contribution in [0.5, 0.6) is 0 Å². The molecule has 18 heavy (non-hydrogen) atoms. The molecule has 0 atom stereocenters. The van der Waals surface area contributed by atoms with E-state index in [4.69, 9.17) is 11.6 Å². The van der Waals surface area contributed by atoms with Gasteiger partial charge >= 0.3 is 0 Å². The molecule has 0 fully saturated rings. The van der Waals surface area contributed by atoms with E-state index in [0.29, 0.717) is 11.4 Å². The van der Waals surface area contributed by atoms with Crippen molar-refractivity contribution in [2.45, 2.75) is 33.1 Å². The Bertz CT molecular complexity index is 373. The fourth-order valence-electron chi connectivity index (χ4n) is 2.03. The summed E-state index contributed by atoms with van der Waals surface area (Å²) in [7, 11) is 0. The Hall–Kier alpha value is -0.860. The van der Waals surface area contributed by atoms with Crippen LogP contribution >= 0.6 is 11.6 Å². The summed E-state index contributed by atoms with van der Waals surface area (Å²) in [5, 5.41) is 0.625. The van der Waals surface area contributed by atoms with E-state index in [2.05, 4.69) is 18.7 Å². The quantitative estimate of drug-likeness (QED) is 0.663. The van der Waals surface area contributed by atoms with Crippen LogP contribution in [0.25, 0.3) is 0 Å². The number of rotatable bonds is 8. The molecule has 0 amide bonds. The van der Waals surface area contributed by atoms with Gasteiger partial charge in [-0.3, -0.25) is 4.79 Å². The van der Waals surface area contributed by atoms with Gasteiger partial charge < -0.3 is 4.90 Å². The van der Waals surface area contributed by atoms with Crippen molar-refractivity contribution in [1.29, 1.82) is 0 Å². The maximum atomic E-state index is 12.0. The van der Waals surface area contributed by atoms with Crippen molar-refractivity contribution < 1.29 is 4.79 Å². The second-order valence-corrected chi connectivity index (χ2v) is 4.96. The number of nitrogens with zero attached hydrogens (tertiary/aromatic N) is 1. The van der Waals surface area contributed by atoms with E-state index >= 15 is 0 Å². The van der Waals surface area contributed by atoms with Gasteiger partial charge in [-0.25, -0.2) is 0 Å². The molecule has 0 heterocycles. The van der Waals surface area contributed by atoms with E-state index in [1.165, 1.54) is 0 Å². The fourth-order valence-corrected chi connectivity index (χ4v) is 2.22. The number of halogens is 1. The molecule has 2 nitrogen and oxygen atoms in total. The van der Waals surface area contributed by atoms with Gasteiger partial charge in [0, 0.05) is 23.6 Å². The van der Waals surface area contributed by atoms with Crippen LogP contribution < -0.4 is 0 Å². The van der Waals surface area contributed by atoms with Crippen LogP contribution in [0.4, 0.5) is 0 Å². The third-order valence-electron chi connectivity index (χ3n) is 2.88. The topological polar surface area (TPSA) is 20.3 Å².